The highest BCUT2D eigenvalue weighted by Gasteiger charge is 2.43. The Kier molecular flexibility index (Phi) is 6.42. The number of nitrogens with one attached hydrogen (secondary N) is 3. The summed E-state index contributed by atoms with van der Waals surface area (Å²) in [5, 5.41) is 18.3. The first-order valence-corrected chi connectivity index (χ1v) is 11.9. The second kappa shape index (κ2) is 9.84. The molecule has 0 atom stereocenters. The van der Waals surface area contributed by atoms with E-state index in [1.54, 1.807) is 44.7 Å². The minimum absolute atomic E-state index is 0.154. The summed E-state index contributed by atoms with van der Waals surface area (Å²) < 4.78 is 5.34. The van der Waals surface area contributed by atoms with E-state index in [0.29, 0.717) is 49.6 Å². The van der Waals surface area contributed by atoms with Gasteiger partial charge in [-0.3, -0.25) is 4.79 Å². The van der Waals surface area contributed by atoms with Gasteiger partial charge < -0.3 is 24.8 Å². The Morgan fingerprint density at radius 3 is 2.76 bits per heavy atom. The van der Waals surface area contributed by atoms with Crippen LogP contribution in [0.3, 0.4) is 0 Å². The van der Waals surface area contributed by atoms with E-state index in [9.17, 15) is 9.59 Å². The number of hydrogen-bond acceptors (Lipinski definition) is 9. The van der Waals surface area contributed by atoms with E-state index in [2.05, 4.69) is 45.8 Å². The molecule has 1 saturated heterocycles. The van der Waals surface area contributed by atoms with E-state index in [1.807, 2.05) is 13.1 Å². The molecule has 1 aliphatic rings. The molecule has 0 radical (unpaired) electrons. The minimum atomic E-state index is -0.768. The van der Waals surface area contributed by atoms with Gasteiger partial charge in [-0.15, -0.1) is 10.2 Å². The summed E-state index contributed by atoms with van der Waals surface area (Å²) in [6.07, 6.45) is 4.42. The van der Waals surface area contributed by atoms with Crippen molar-refractivity contribution in [3.63, 3.8) is 0 Å². The molecule has 1 aromatic carbocycles. The van der Waals surface area contributed by atoms with Gasteiger partial charge in [0.1, 0.15) is 23.5 Å². The first kappa shape index (κ1) is 24.2. The molecule has 0 unspecified atom stereocenters. The highest BCUT2D eigenvalue weighted by molar-refractivity contribution is 5.96. The van der Waals surface area contributed by atoms with Crippen LogP contribution in [0.15, 0.2) is 36.8 Å². The maximum Gasteiger partial charge on any atom is 0.414 e. The predicted octanol–water partition coefficient (Wildman–Crippen LogP) is 2.31. The molecule has 13 heteroatoms. The van der Waals surface area contributed by atoms with Gasteiger partial charge >= 0.3 is 6.09 Å². The van der Waals surface area contributed by atoms with Gasteiger partial charge in [0, 0.05) is 51.6 Å². The zero-order chi connectivity index (χ0) is 26.0. The Bertz CT molecular complexity index is 1410. The molecule has 0 spiro atoms. The second-order valence-electron chi connectivity index (χ2n) is 9.41. The molecule has 0 bridgehead atoms. The number of aromatic amines is 2. The molecule has 1 fully saturated rings. The van der Waals surface area contributed by atoms with E-state index >= 15 is 0 Å². The number of carbonyl (C=O) groups is 2. The van der Waals surface area contributed by atoms with Crippen LogP contribution in [0.5, 0.6) is 5.75 Å². The molecule has 5 rings (SSSR count). The van der Waals surface area contributed by atoms with E-state index < -0.39 is 11.5 Å². The van der Waals surface area contributed by atoms with Gasteiger partial charge in [0.25, 0.3) is 0 Å². The van der Waals surface area contributed by atoms with Crippen molar-refractivity contribution in [1.82, 2.24) is 40.5 Å². The zero-order valence-corrected chi connectivity index (χ0v) is 20.9. The van der Waals surface area contributed by atoms with Crippen molar-refractivity contribution in [3.8, 4) is 5.75 Å². The number of fused-ring (bicyclic) bond motifs is 1. The summed E-state index contributed by atoms with van der Waals surface area (Å²) in [5.41, 5.74) is 1.63. The normalized spacial score (nSPS) is 14.9. The quantitative estimate of drug-likeness (QED) is 0.358. The van der Waals surface area contributed by atoms with Crippen LogP contribution in [-0.4, -0.2) is 79.7 Å². The summed E-state index contributed by atoms with van der Waals surface area (Å²) >= 11 is 0. The van der Waals surface area contributed by atoms with Crippen molar-refractivity contribution in [1.29, 1.82) is 0 Å². The lowest BCUT2D eigenvalue weighted by Gasteiger charge is -2.40. The highest BCUT2D eigenvalue weighted by atomic mass is 16.6. The Labute approximate surface area is 212 Å². The molecule has 3 aromatic heterocycles. The van der Waals surface area contributed by atoms with E-state index in [0.717, 1.165) is 22.4 Å². The topological polar surface area (TPSA) is 158 Å². The molecule has 1 aliphatic heterocycles. The van der Waals surface area contributed by atoms with Crippen molar-refractivity contribution in [3.05, 3.63) is 48.2 Å². The maximum absolute atomic E-state index is 13.8. The minimum Gasteiger partial charge on any atom is -0.410 e. The fraction of sp³-hybridized carbons (Fsp3) is 0.375. The predicted molar refractivity (Wildman–Crippen MR) is 135 cm³/mol. The fourth-order valence-electron chi connectivity index (χ4n) is 4.62. The van der Waals surface area contributed by atoms with Gasteiger partial charge in [0.05, 0.1) is 10.8 Å². The van der Waals surface area contributed by atoms with Crippen LogP contribution < -0.4 is 15.0 Å². The van der Waals surface area contributed by atoms with Crippen LogP contribution in [0.1, 0.15) is 24.2 Å². The van der Waals surface area contributed by atoms with E-state index in [1.165, 1.54) is 4.90 Å². The van der Waals surface area contributed by atoms with Crippen molar-refractivity contribution in [2.24, 2.45) is 5.41 Å². The monoisotopic (exact) mass is 504 g/mol. The molecule has 4 aromatic rings. The Balaban J connectivity index is 1.37. The number of nitrogens with zero attached hydrogens (tertiary/aromatic N) is 7. The third-order valence-electron chi connectivity index (χ3n) is 6.70. The summed E-state index contributed by atoms with van der Waals surface area (Å²) in [6, 6.07) is 6.77. The Morgan fingerprint density at radius 2 is 2.03 bits per heavy atom. The standard InChI is InChI=1S/C24H28N10O3/c1-15-13-25-20-19(15)21(27-14-26-20)34-9-7-24(8-10-34,12-18-29-31-32-30-18)22(35)28-16-5-4-6-17(11-16)37-23(36)33(2)3/h4-6,11,13-14H,7-10,12H2,1-3H3,(H,28,35)(H,25,26,27)(H,29,30,31,32). The smallest absolute Gasteiger partial charge is 0.410 e. The molecule has 192 valence electrons. The third-order valence-corrected chi connectivity index (χ3v) is 6.70. The molecule has 0 saturated carbocycles. The van der Waals surface area contributed by atoms with Crippen LogP contribution in [0.4, 0.5) is 16.3 Å². The number of ether oxygens (including phenoxy) is 1. The molecular formula is C24H28N10O3. The van der Waals surface area contributed by atoms with Crippen molar-refractivity contribution in [2.45, 2.75) is 26.2 Å². The molecule has 2 amide bonds. The summed E-state index contributed by atoms with van der Waals surface area (Å²) in [6.45, 7) is 3.25. The lowest BCUT2D eigenvalue weighted by Crippen LogP contribution is -2.48. The number of anilines is 2. The van der Waals surface area contributed by atoms with Gasteiger partial charge in [-0.05, 0) is 37.5 Å². The molecular weight excluding hydrogens is 476 g/mol. The van der Waals surface area contributed by atoms with Gasteiger partial charge in [-0.25, -0.2) is 14.8 Å². The van der Waals surface area contributed by atoms with Crippen molar-refractivity contribution < 1.29 is 14.3 Å². The maximum atomic E-state index is 13.8. The summed E-state index contributed by atoms with van der Waals surface area (Å²) in [5.74, 6) is 1.52. The van der Waals surface area contributed by atoms with Crippen LogP contribution in [-0.2, 0) is 11.2 Å². The average molecular weight is 505 g/mol. The lowest BCUT2D eigenvalue weighted by atomic mass is 9.74. The number of benzene rings is 1. The van der Waals surface area contributed by atoms with Crippen molar-refractivity contribution in [2.75, 3.05) is 37.4 Å². The van der Waals surface area contributed by atoms with E-state index in [-0.39, 0.29) is 5.91 Å². The van der Waals surface area contributed by atoms with Gasteiger partial charge in [-0.2, -0.15) is 5.21 Å². The molecule has 37 heavy (non-hydrogen) atoms. The van der Waals surface area contributed by atoms with Crippen LogP contribution in [0.25, 0.3) is 11.0 Å². The Morgan fingerprint density at radius 1 is 1.22 bits per heavy atom. The Hall–Kier alpha value is -4.55. The number of H-pyrrole nitrogens is 2. The number of amides is 2. The first-order valence-electron chi connectivity index (χ1n) is 11.9. The molecule has 4 heterocycles. The highest BCUT2D eigenvalue weighted by Crippen LogP contribution is 2.38. The number of tetrazole rings is 1. The number of rotatable bonds is 6. The number of carbonyl (C=O) groups excluding carboxylic acids is 2. The zero-order valence-electron chi connectivity index (χ0n) is 20.9. The van der Waals surface area contributed by atoms with Gasteiger partial charge in [0.15, 0.2) is 5.82 Å². The van der Waals surface area contributed by atoms with Crippen LogP contribution in [0.2, 0.25) is 0 Å². The SMILES string of the molecule is Cc1c[nH]c2ncnc(N3CCC(Cc4nn[nH]n4)(C(=O)Nc4cccc(OC(=O)N(C)C)c4)CC3)c12. The largest absolute Gasteiger partial charge is 0.414 e. The number of hydrogen-bond donors (Lipinski definition) is 3. The number of aryl methyl sites for hydroxylation is 1. The fourth-order valence-corrected chi connectivity index (χ4v) is 4.62. The number of aromatic nitrogens is 7. The van der Waals surface area contributed by atoms with Gasteiger partial charge in [0.2, 0.25) is 5.91 Å². The van der Waals surface area contributed by atoms with Crippen LogP contribution >= 0.6 is 0 Å². The molecule has 3 N–H and O–H groups in total. The molecule has 0 aliphatic carbocycles. The van der Waals surface area contributed by atoms with Crippen molar-refractivity contribution >= 4 is 34.5 Å². The number of piperidine rings is 1. The lowest BCUT2D eigenvalue weighted by molar-refractivity contribution is -0.126. The average Bonchev–Trinajstić information content (AvgIpc) is 3.54. The third kappa shape index (κ3) is 4.92. The van der Waals surface area contributed by atoms with Gasteiger partial charge in [-0.1, -0.05) is 11.3 Å². The molecule has 13 nitrogen and oxygen atoms in total. The summed E-state index contributed by atoms with van der Waals surface area (Å²) in [7, 11) is 3.21. The summed E-state index contributed by atoms with van der Waals surface area (Å²) in [4.78, 5) is 41.3. The van der Waals surface area contributed by atoms with E-state index in [4.69, 9.17) is 4.74 Å². The van der Waals surface area contributed by atoms with Crippen LogP contribution in [0, 0.1) is 12.3 Å². The first-order chi connectivity index (χ1) is 17.8. The second-order valence-corrected chi connectivity index (χ2v) is 9.41.